The molecule has 0 spiro atoms. The highest BCUT2D eigenvalue weighted by molar-refractivity contribution is 8.14. The molecule has 0 saturated carbocycles. The first-order valence-corrected chi connectivity index (χ1v) is 7.92. The maximum Gasteiger partial charge on any atom is 0.222 e. The summed E-state index contributed by atoms with van der Waals surface area (Å²) in [6, 6.07) is 10.9. The second kappa shape index (κ2) is 7.33. The molecule has 1 aliphatic rings. The Morgan fingerprint density at radius 1 is 1.45 bits per heavy atom. The van der Waals surface area contributed by atoms with E-state index in [1.807, 2.05) is 32.0 Å². The third-order valence-corrected chi connectivity index (χ3v) is 3.95. The molecule has 2 N–H and O–H groups in total. The lowest BCUT2D eigenvalue weighted by Gasteiger charge is -2.09. The van der Waals surface area contributed by atoms with Gasteiger partial charge in [-0.2, -0.15) is 0 Å². The first kappa shape index (κ1) is 14.9. The molecule has 2 rings (SSSR count). The third kappa shape index (κ3) is 4.56. The van der Waals surface area contributed by atoms with Crippen LogP contribution in [-0.2, 0) is 4.79 Å². The maximum absolute atomic E-state index is 11.5. The summed E-state index contributed by atoms with van der Waals surface area (Å²) in [6.07, 6.45) is 0.444. The number of nitrogens with zero attached hydrogens (tertiary/aromatic N) is 1. The van der Waals surface area contributed by atoms with Gasteiger partial charge in [-0.05, 0) is 19.4 Å². The molecule has 1 fully saturated rings. The molecule has 1 amide bonds. The minimum atomic E-state index is 0.0620. The van der Waals surface area contributed by atoms with Crippen LogP contribution in [0.15, 0.2) is 35.3 Å². The molecule has 5 heteroatoms. The van der Waals surface area contributed by atoms with E-state index in [0.29, 0.717) is 19.0 Å². The maximum atomic E-state index is 11.5. The summed E-state index contributed by atoms with van der Waals surface area (Å²) >= 11 is 1.72. The number of carbonyl (C=O) groups is 1. The van der Waals surface area contributed by atoms with Crippen LogP contribution in [0.4, 0.5) is 0 Å². The Bertz CT molecular complexity index is 473. The molecule has 0 bridgehead atoms. The minimum Gasteiger partial charge on any atom is -0.357 e. The molecule has 1 aliphatic heterocycles. The Labute approximate surface area is 124 Å². The fourth-order valence-electron chi connectivity index (χ4n) is 2.00. The fourth-order valence-corrected chi connectivity index (χ4v) is 3.01. The van der Waals surface area contributed by atoms with Gasteiger partial charge in [0.25, 0.3) is 0 Å². The van der Waals surface area contributed by atoms with E-state index < -0.39 is 0 Å². The van der Waals surface area contributed by atoms with Crippen molar-refractivity contribution in [3.8, 4) is 0 Å². The molecule has 1 saturated heterocycles. The standard InChI is InChI=1S/C15H21N3OS/c1-11(2)17-14(19)8-9-16-15-18-13(10-20-15)12-6-4-3-5-7-12/h3-7,11,13H,8-10H2,1-2H3,(H,16,18)(H,17,19). The van der Waals surface area contributed by atoms with Gasteiger partial charge in [-0.15, -0.1) is 0 Å². The normalized spacial score (nSPS) is 20.1. The summed E-state index contributed by atoms with van der Waals surface area (Å²) in [4.78, 5) is 16.0. The number of thioether (sulfide) groups is 1. The number of hydrogen-bond acceptors (Lipinski definition) is 3. The van der Waals surface area contributed by atoms with Crippen LogP contribution in [0.5, 0.6) is 0 Å². The highest BCUT2D eigenvalue weighted by Gasteiger charge is 2.21. The Morgan fingerprint density at radius 3 is 2.90 bits per heavy atom. The van der Waals surface area contributed by atoms with E-state index in [2.05, 4.69) is 27.8 Å². The van der Waals surface area contributed by atoms with Gasteiger partial charge in [0.2, 0.25) is 5.91 Å². The van der Waals surface area contributed by atoms with Crippen molar-refractivity contribution in [3.63, 3.8) is 0 Å². The first-order chi connectivity index (χ1) is 9.65. The van der Waals surface area contributed by atoms with Crippen molar-refractivity contribution in [2.45, 2.75) is 32.4 Å². The van der Waals surface area contributed by atoms with E-state index in [9.17, 15) is 4.79 Å². The lowest BCUT2D eigenvalue weighted by molar-refractivity contribution is -0.121. The van der Waals surface area contributed by atoms with Gasteiger partial charge >= 0.3 is 0 Å². The van der Waals surface area contributed by atoms with Crippen molar-refractivity contribution in [3.05, 3.63) is 35.9 Å². The number of amidine groups is 1. The van der Waals surface area contributed by atoms with Crippen molar-refractivity contribution >= 4 is 22.8 Å². The van der Waals surface area contributed by atoms with Crippen LogP contribution in [-0.4, -0.2) is 29.4 Å². The van der Waals surface area contributed by atoms with E-state index in [0.717, 1.165) is 10.9 Å². The van der Waals surface area contributed by atoms with Gasteiger partial charge in [-0.1, -0.05) is 42.1 Å². The molecule has 1 heterocycles. The quantitative estimate of drug-likeness (QED) is 0.875. The van der Waals surface area contributed by atoms with Crippen molar-refractivity contribution < 1.29 is 4.79 Å². The second-order valence-electron chi connectivity index (χ2n) is 5.08. The molecule has 108 valence electrons. The van der Waals surface area contributed by atoms with Gasteiger partial charge in [-0.25, -0.2) is 0 Å². The number of carbonyl (C=O) groups excluding carboxylic acids is 1. The monoisotopic (exact) mass is 291 g/mol. The summed E-state index contributed by atoms with van der Waals surface area (Å²) < 4.78 is 0. The zero-order chi connectivity index (χ0) is 14.4. The Balaban J connectivity index is 1.78. The second-order valence-corrected chi connectivity index (χ2v) is 6.09. The van der Waals surface area contributed by atoms with Gasteiger partial charge in [-0.3, -0.25) is 9.79 Å². The topological polar surface area (TPSA) is 53.5 Å². The predicted octanol–water partition coefficient (Wildman–Crippen LogP) is 2.33. The molecule has 1 aromatic rings. The van der Waals surface area contributed by atoms with E-state index in [-0.39, 0.29) is 11.9 Å². The van der Waals surface area contributed by atoms with Gasteiger partial charge in [0.1, 0.15) is 0 Å². The first-order valence-electron chi connectivity index (χ1n) is 6.93. The van der Waals surface area contributed by atoms with Crippen molar-refractivity contribution in [2.24, 2.45) is 4.99 Å². The number of amides is 1. The zero-order valence-electron chi connectivity index (χ0n) is 11.9. The summed E-state index contributed by atoms with van der Waals surface area (Å²) in [6.45, 7) is 4.46. The predicted molar refractivity (Wildman–Crippen MR) is 85.0 cm³/mol. The van der Waals surface area contributed by atoms with Crippen molar-refractivity contribution in [1.29, 1.82) is 0 Å². The smallest absolute Gasteiger partial charge is 0.222 e. The average molecular weight is 291 g/mol. The van der Waals surface area contributed by atoms with Gasteiger partial charge in [0.05, 0.1) is 12.6 Å². The molecular weight excluding hydrogens is 270 g/mol. The SMILES string of the molecule is CC(C)NC(=O)CCN=C1NC(c2ccccc2)CS1. The van der Waals surface area contributed by atoms with Crippen LogP contribution in [0, 0.1) is 0 Å². The van der Waals surface area contributed by atoms with Crippen LogP contribution in [0.25, 0.3) is 0 Å². The molecule has 0 aromatic heterocycles. The zero-order valence-corrected chi connectivity index (χ0v) is 12.7. The highest BCUT2D eigenvalue weighted by Crippen LogP contribution is 2.25. The Hall–Kier alpha value is -1.49. The molecule has 1 unspecified atom stereocenters. The molecule has 20 heavy (non-hydrogen) atoms. The largest absolute Gasteiger partial charge is 0.357 e. The van der Waals surface area contributed by atoms with Crippen LogP contribution in [0.3, 0.4) is 0 Å². The Kier molecular flexibility index (Phi) is 5.47. The van der Waals surface area contributed by atoms with Crippen LogP contribution >= 0.6 is 11.8 Å². The van der Waals surface area contributed by atoms with Gasteiger partial charge in [0.15, 0.2) is 5.17 Å². The number of hydrogen-bond donors (Lipinski definition) is 2. The van der Waals surface area contributed by atoms with E-state index in [1.165, 1.54) is 5.56 Å². The lowest BCUT2D eigenvalue weighted by atomic mass is 10.1. The van der Waals surface area contributed by atoms with Crippen LogP contribution < -0.4 is 10.6 Å². The van der Waals surface area contributed by atoms with Gasteiger partial charge < -0.3 is 10.6 Å². The minimum absolute atomic E-state index is 0.0620. The summed E-state index contributed by atoms with van der Waals surface area (Å²) in [5.74, 6) is 1.05. The molecule has 0 radical (unpaired) electrons. The van der Waals surface area contributed by atoms with Gasteiger partial charge in [0, 0.05) is 18.2 Å². The number of aliphatic imine (C=N–C) groups is 1. The Morgan fingerprint density at radius 2 is 2.20 bits per heavy atom. The molecular formula is C15H21N3OS. The lowest BCUT2D eigenvalue weighted by Crippen LogP contribution is -2.30. The fraction of sp³-hybridized carbons (Fsp3) is 0.467. The summed E-state index contributed by atoms with van der Waals surface area (Å²) in [5, 5.41) is 7.21. The molecule has 4 nitrogen and oxygen atoms in total. The molecule has 1 aromatic carbocycles. The number of rotatable bonds is 5. The van der Waals surface area contributed by atoms with Crippen molar-refractivity contribution in [1.82, 2.24) is 10.6 Å². The molecule has 0 aliphatic carbocycles. The third-order valence-electron chi connectivity index (χ3n) is 2.93. The van der Waals surface area contributed by atoms with E-state index >= 15 is 0 Å². The average Bonchev–Trinajstić information content (AvgIpc) is 2.88. The van der Waals surface area contributed by atoms with Crippen LogP contribution in [0.1, 0.15) is 31.9 Å². The van der Waals surface area contributed by atoms with Crippen molar-refractivity contribution in [2.75, 3.05) is 12.3 Å². The number of nitrogens with one attached hydrogen (secondary N) is 2. The summed E-state index contributed by atoms with van der Waals surface area (Å²) in [7, 11) is 0. The summed E-state index contributed by atoms with van der Waals surface area (Å²) in [5.41, 5.74) is 1.28. The van der Waals surface area contributed by atoms with E-state index in [4.69, 9.17) is 0 Å². The molecule has 1 atom stereocenters. The van der Waals surface area contributed by atoms with E-state index in [1.54, 1.807) is 11.8 Å². The van der Waals surface area contributed by atoms with Crippen LogP contribution in [0.2, 0.25) is 0 Å². The highest BCUT2D eigenvalue weighted by atomic mass is 32.2. The number of benzene rings is 1.